The average molecular weight is 370 g/mol. The van der Waals surface area contributed by atoms with Gasteiger partial charge in [-0.25, -0.2) is 17.2 Å². The quantitative estimate of drug-likeness (QED) is 0.636. The zero-order chi connectivity index (χ0) is 18.2. The van der Waals surface area contributed by atoms with Gasteiger partial charge in [-0.3, -0.25) is 4.79 Å². The number of rotatable bonds is 4. The molecule has 1 saturated heterocycles. The van der Waals surface area contributed by atoms with Crippen LogP contribution in [-0.4, -0.2) is 38.8 Å². The Morgan fingerprint density at radius 1 is 1.17 bits per heavy atom. The number of ether oxygens (including phenoxy) is 1. The van der Waals surface area contributed by atoms with E-state index in [1.54, 1.807) is 0 Å². The number of amides is 1. The smallest absolute Gasteiger partial charge is 0.249 e. The van der Waals surface area contributed by atoms with E-state index in [0.717, 1.165) is 7.11 Å². The third kappa shape index (κ3) is 2.93. The number of carbonyl (C=O) groups is 1. The van der Waals surface area contributed by atoms with Crippen LogP contribution in [0.25, 0.3) is 0 Å². The summed E-state index contributed by atoms with van der Waals surface area (Å²) in [5.74, 6) is -11.1. The van der Waals surface area contributed by atoms with Crippen molar-refractivity contribution in [3.05, 3.63) is 23.3 Å². The second-order valence-electron chi connectivity index (χ2n) is 5.22. The predicted molar refractivity (Wildman–Crippen MR) is 73.5 cm³/mol. The molecule has 1 aromatic carbocycles. The summed E-state index contributed by atoms with van der Waals surface area (Å²) >= 11 is 0. The van der Waals surface area contributed by atoms with Crippen LogP contribution in [-0.2, 0) is 14.8 Å². The molecule has 0 saturated carbocycles. The summed E-state index contributed by atoms with van der Waals surface area (Å²) in [6, 6.07) is 0. The molecule has 0 aromatic heterocycles. The Balaban J connectivity index is 2.56. The molecule has 1 atom stereocenters. The molecule has 1 unspecified atom stereocenters. The first kappa shape index (κ1) is 18.5. The van der Waals surface area contributed by atoms with Gasteiger partial charge in [0.2, 0.25) is 27.6 Å². The van der Waals surface area contributed by atoms with E-state index in [1.807, 2.05) is 0 Å². The average Bonchev–Trinajstić information content (AvgIpc) is 2.53. The van der Waals surface area contributed by atoms with Crippen LogP contribution in [0.5, 0.6) is 5.75 Å². The normalized spacial score (nSPS) is 19.3. The van der Waals surface area contributed by atoms with Gasteiger partial charge in [-0.1, -0.05) is 0 Å². The lowest BCUT2D eigenvalue weighted by molar-refractivity contribution is -0.122. The van der Waals surface area contributed by atoms with Gasteiger partial charge in [0, 0.05) is 13.1 Å². The number of hydrogen-bond donors (Lipinski definition) is 1. The highest BCUT2D eigenvalue weighted by atomic mass is 32.2. The Labute approximate surface area is 135 Å². The fourth-order valence-corrected chi connectivity index (χ4v) is 4.16. The Morgan fingerprint density at radius 2 is 1.71 bits per heavy atom. The molecule has 134 valence electrons. The number of carbonyl (C=O) groups excluding carboxylic acids is 1. The summed E-state index contributed by atoms with van der Waals surface area (Å²) in [6.07, 6.45) is 0.509. The van der Waals surface area contributed by atoms with Crippen LogP contribution in [0.3, 0.4) is 0 Å². The second-order valence-corrected chi connectivity index (χ2v) is 7.10. The predicted octanol–water partition coefficient (Wildman–Crippen LogP) is 1.14. The molecule has 0 spiro atoms. The molecule has 0 aliphatic carbocycles. The Hall–Kier alpha value is -1.88. The van der Waals surface area contributed by atoms with Crippen LogP contribution in [0.4, 0.5) is 17.6 Å². The minimum Gasteiger partial charge on any atom is -0.491 e. The molecule has 2 rings (SSSR count). The number of hydrogen-bond acceptors (Lipinski definition) is 4. The van der Waals surface area contributed by atoms with Crippen LogP contribution in [0.1, 0.15) is 12.8 Å². The maximum Gasteiger partial charge on any atom is 0.249 e. The fraction of sp³-hybridized carbons (Fsp3) is 0.462. The standard InChI is InChI=1S/C13H14F4N2O4S/c1-23-11-7(14)9(16)12(10(17)8(11)15)24(21,22)19-4-2-3-6(5-19)13(18)20/h6H,2-5H2,1H3,(H2,18,20). The summed E-state index contributed by atoms with van der Waals surface area (Å²) < 4.78 is 85.2. The maximum absolute atomic E-state index is 14.0. The molecule has 1 aliphatic heterocycles. The molecule has 1 amide bonds. The third-order valence-corrected chi connectivity index (χ3v) is 5.66. The summed E-state index contributed by atoms with van der Waals surface area (Å²) in [7, 11) is -4.15. The molecular formula is C13H14F4N2O4S. The molecular weight excluding hydrogens is 356 g/mol. The molecule has 6 nitrogen and oxygen atoms in total. The molecule has 0 radical (unpaired) electrons. The Kier molecular flexibility index (Phi) is 5.04. The van der Waals surface area contributed by atoms with Gasteiger partial charge in [0.1, 0.15) is 0 Å². The first-order valence-electron chi connectivity index (χ1n) is 6.82. The van der Waals surface area contributed by atoms with Gasteiger partial charge in [-0.15, -0.1) is 0 Å². The van der Waals surface area contributed by atoms with E-state index in [4.69, 9.17) is 5.73 Å². The van der Waals surface area contributed by atoms with Crippen LogP contribution in [0.2, 0.25) is 0 Å². The van der Waals surface area contributed by atoms with Crippen LogP contribution in [0.15, 0.2) is 4.90 Å². The van der Waals surface area contributed by atoms with E-state index < -0.39 is 62.3 Å². The van der Waals surface area contributed by atoms with Crippen molar-refractivity contribution in [1.29, 1.82) is 0 Å². The highest BCUT2D eigenvalue weighted by Gasteiger charge is 2.39. The van der Waals surface area contributed by atoms with E-state index in [1.165, 1.54) is 0 Å². The van der Waals surface area contributed by atoms with Crippen molar-refractivity contribution in [2.75, 3.05) is 20.2 Å². The van der Waals surface area contributed by atoms with E-state index in [0.29, 0.717) is 10.7 Å². The number of nitrogens with zero attached hydrogens (tertiary/aromatic N) is 1. The third-order valence-electron chi connectivity index (χ3n) is 3.77. The fourth-order valence-electron chi connectivity index (χ4n) is 2.52. The van der Waals surface area contributed by atoms with Gasteiger partial charge >= 0.3 is 0 Å². The summed E-state index contributed by atoms with van der Waals surface area (Å²) in [5, 5.41) is 0. The van der Waals surface area contributed by atoms with E-state index in [9.17, 15) is 30.8 Å². The monoisotopic (exact) mass is 370 g/mol. The molecule has 0 bridgehead atoms. The Morgan fingerprint density at radius 3 is 2.17 bits per heavy atom. The first-order chi connectivity index (χ1) is 11.1. The van der Waals surface area contributed by atoms with Gasteiger partial charge in [0.25, 0.3) is 0 Å². The number of methoxy groups -OCH3 is 1. The summed E-state index contributed by atoms with van der Waals surface area (Å²) in [4.78, 5) is 9.44. The number of piperidine rings is 1. The topological polar surface area (TPSA) is 89.7 Å². The largest absolute Gasteiger partial charge is 0.491 e. The van der Waals surface area contributed by atoms with Crippen LogP contribution < -0.4 is 10.5 Å². The van der Waals surface area contributed by atoms with E-state index in [2.05, 4.69) is 4.74 Å². The molecule has 2 N–H and O–H groups in total. The van der Waals surface area contributed by atoms with Crippen molar-refractivity contribution < 1.29 is 35.5 Å². The Bertz CT molecular complexity index is 756. The summed E-state index contributed by atoms with van der Waals surface area (Å²) in [6.45, 7) is -0.591. The maximum atomic E-state index is 14.0. The SMILES string of the molecule is COc1c(F)c(F)c(S(=O)(=O)N2CCCC(C(N)=O)C2)c(F)c1F. The number of benzene rings is 1. The highest BCUT2D eigenvalue weighted by Crippen LogP contribution is 2.34. The summed E-state index contributed by atoms with van der Waals surface area (Å²) in [5.41, 5.74) is 5.11. The second kappa shape index (κ2) is 6.55. The molecule has 11 heteroatoms. The minimum absolute atomic E-state index is 0.166. The van der Waals surface area contributed by atoms with Gasteiger partial charge in [-0.05, 0) is 12.8 Å². The lowest BCUT2D eigenvalue weighted by atomic mass is 9.99. The lowest BCUT2D eigenvalue weighted by Gasteiger charge is -2.30. The van der Waals surface area contributed by atoms with Crippen LogP contribution >= 0.6 is 0 Å². The van der Waals surface area contributed by atoms with Gasteiger partial charge < -0.3 is 10.5 Å². The molecule has 24 heavy (non-hydrogen) atoms. The van der Waals surface area contributed by atoms with Gasteiger partial charge in [0.05, 0.1) is 13.0 Å². The molecule has 1 aliphatic rings. The molecule has 1 aromatic rings. The molecule has 1 heterocycles. The van der Waals surface area contributed by atoms with Crippen molar-refractivity contribution in [3.63, 3.8) is 0 Å². The van der Waals surface area contributed by atoms with E-state index >= 15 is 0 Å². The zero-order valence-corrected chi connectivity index (χ0v) is 13.3. The highest BCUT2D eigenvalue weighted by molar-refractivity contribution is 7.89. The number of sulfonamides is 1. The zero-order valence-electron chi connectivity index (χ0n) is 12.5. The van der Waals surface area contributed by atoms with E-state index in [-0.39, 0.29) is 13.0 Å². The molecule has 1 fully saturated rings. The van der Waals surface area contributed by atoms with Crippen LogP contribution in [0, 0.1) is 29.2 Å². The number of nitrogens with two attached hydrogens (primary N) is 1. The lowest BCUT2D eigenvalue weighted by Crippen LogP contribution is -2.44. The number of halogens is 4. The minimum atomic E-state index is -4.92. The number of primary amides is 1. The van der Waals surface area contributed by atoms with Crippen molar-refractivity contribution >= 4 is 15.9 Å². The van der Waals surface area contributed by atoms with Crippen molar-refractivity contribution in [1.82, 2.24) is 4.31 Å². The van der Waals surface area contributed by atoms with Gasteiger partial charge in [-0.2, -0.15) is 13.1 Å². The van der Waals surface area contributed by atoms with Crippen molar-refractivity contribution in [3.8, 4) is 5.75 Å². The van der Waals surface area contributed by atoms with Crippen molar-refractivity contribution in [2.24, 2.45) is 11.7 Å². The first-order valence-corrected chi connectivity index (χ1v) is 8.26. The van der Waals surface area contributed by atoms with Gasteiger partial charge in [0.15, 0.2) is 22.3 Å². The van der Waals surface area contributed by atoms with Crippen molar-refractivity contribution in [2.45, 2.75) is 17.7 Å².